The van der Waals surface area contributed by atoms with Crippen LogP contribution < -0.4 is 0 Å². The summed E-state index contributed by atoms with van der Waals surface area (Å²) in [5.41, 5.74) is 5.24. The summed E-state index contributed by atoms with van der Waals surface area (Å²) >= 11 is 0. The van der Waals surface area contributed by atoms with E-state index >= 15 is 0 Å². The molecule has 0 spiro atoms. The van der Waals surface area contributed by atoms with Crippen molar-refractivity contribution in [2.75, 3.05) is 0 Å². The van der Waals surface area contributed by atoms with Gasteiger partial charge in [0.05, 0.1) is 0 Å². The fraction of sp³-hybridized carbons (Fsp3) is 0.286. The van der Waals surface area contributed by atoms with Gasteiger partial charge < -0.3 is 0 Å². The summed E-state index contributed by atoms with van der Waals surface area (Å²) < 4.78 is 12.8. The van der Waals surface area contributed by atoms with Crippen LogP contribution in [0, 0.1) is 5.82 Å². The number of rotatable bonds is 1. The van der Waals surface area contributed by atoms with E-state index in [4.69, 9.17) is 0 Å². The summed E-state index contributed by atoms with van der Waals surface area (Å²) in [5, 5.41) is 0. The highest BCUT2D eigenvalue weighted by molar-refractivity contribution is 5.72. The second kappa shape index (κ2) is 4.01. The number of allylic oxidation sites excluding steroid dienone is 4. The van der Waals surface area contributed by atoms with E-state index < -0.39 is 0 Å². The molecule has 15 heavy (non-hydrogen) atoms. The predicted molar refractivity (Wildman–Crippen MR) is 62.0 cm³/mol. The molecule has 0 fully saturated rings. The largest absolute Gasteiger partial charge is 0.207 e. The molecule has 0 bridgehead atoms. The molecule has 1 heteroatoms. The maximum absolute atomic E-state index is 12.8. The van der Waals surface area contributed by atoms with Gasteiger partial charge in [-0.15, -0.1) is 0 Å². The SMILES string of the molecule is CC1=CC(C)=C(c2ccc(F)cc2)CC1. The lowest BCUT2D eigenvalue weighted by Gasteiger charge is -2.16. The first-order valence-electron chi connectivity index (χ1n) is 5.29. The van der Waals surface area contributed by atoms with Gasteiger partial charge >= 0.3 is 0 Å². The standard InChI is InChI=1S/C14H15F/c1-10-3-8-14(11(2)9-10)12-4-6-13(15)7-5-12/h4-7,9H,3,8H2,1-2H3. The number of hydrogen-bond donors (Lipinski definition) is 0. The molecular formula is C14H15F. The van der Waals surface area contributed by atoms with Crippen molar-refractivity contribution >= 4 is 5.57 Å². The van der Waals surface area contributed by atoms with Crippen molar-refractivity contribution in [1.82, 2.24) is 0 Å². The van der Waals surface area contributed by atoms with Crippen LogP contribution in [0.2, 0.25) is 0 Å². The van der Waals surface area contributed by atoms with E-state index in [2.05, 4.69) is 19.9 Å². The third-order valence-electron chi connectivity index (χ3n) is 2.90. The zero-order valence-corrected chi connectivity index (χ0v) is 9.18. The van der Waals surface area contributed by atoms with Crippen LogP contribution in [0.5, 0.6) is 0 Å². The zero-order chi connectivity index (χ0) is 10.8. The molecule has 1 aromatic carbocycles. The highest BCUT2D eigenvalue weighted by Gasteiger charge is 2.09. The van der Waals surface area contributed by atoms with Crippen LogP contribution in [-0.2, 0) is 0 Å². The van der Waals surface area contributed by atoms with Gasteiger partial charge in [0.25, 0.3) is 0 Å². The van der Waals surface area contributed by atoms with Crippen molar-refractivity contribution < 1.29 is 4.39 Å². The van der Waals surface area contributed by atoms with E-state index in [0.717, 1.165) is 18.4 Å². The van der Waals surface area contributed by atoms with Crippen molar-refractivity contribution in [3.63, 3.8) is 0 Å². The predicted octanol–water partition coefficient (Wildman–Crippen LogP) is 4.34. The molecule has 0 saturated carbocycles. The summed E-state index contributed by atoms with van der Waals surface area (Å²) in [4.78, 5) is 0. The molecule has 78 valence electrons. The average Bonchev–Trinajstić information content (AvgIpc) is 2.20. The molecule has 1 aliphatic carbocycles. The Bertz CT molecular complexity index is 421. The third kappa shape index (κ3) is 2.17. The van der Waals surface area contributed by atoms with E-state index in [-0.39, 0.29) is 5.82 Å². The Balaban J connectivity index is 2.39. The second-order valence-electron chi connectivity index (χ2n) is 4.16. The topological polar surface area (TPSA) is 0 Å². The molecule has 0 unspecified atom stereocenters. The molecule has 0 aliphatic heterocycles. The molecule has 0 amide bonds. The molecule has 1 aliphatic rings. The molecule has 0 N–H and O–H groups in total. The van der Waals surface area contributed by atoms with E-state index in [9.17, 15) is 4.39 Å². The number of hydrogen-bond acceptors (Lipinski definition) is 0. The first-order valence-corrected chi connectivity index (χ1v) is 5.29. The highest BCUT2D eigenvalue weighted by atomic mass is 19.1. The minimum Gasteiger partial charge on any atom is -0.207 e. The van der Waals surface area contributed by atoms with Crippen molar-refractivity contribution in [1.29, 1.82) is 0 Å². The van der Waals surface area contributed by atoms with Crippen LogP contribution in [0.3, 0.4) is 0 Å². The monoisotopic (exact) mass is 202 g/mol. The van der Waals surface area contributed by atoms with Gasteiger partial charge in [-0.2, -0.15) is 0 Å². The zero-order valence-electron chi connectivity index (χ0n) is 9.18. The Morgan fingerprint density at radius 2 is 1.67 bits per heavy atom. The molecule has 1 aromatic rings. The summed E-state index contributed by atoms with van der Waals surface area (Å²) in [6, 6.07) is 6.78. The fourth-order valence-electron chi connectivity index (χ4n) is 2.07. The smallest absolute Gasteiger partial charge is 0.123 e. The lowest BCUT2D eigenvalue weighted by molar-refractivity contribution is 0.627. The van der Waals surface area contributed by atoms with Gasteiger partial charge in [-0.1, -0.05) is 23.8 Å². The van der Waals surface area contributed by atoms with Gasteiger partial charge in [0.15, 0.2) is 0 Å². The maximum Gasteiger partial charge on any atom is 0.123 e. The van der Waals surface area contributed by atoms with Crippen LogP contribution in [0.4, 0.5) is 4.39 Å². The van der Waals surface area contributed by atoms with Gasteiger partial charge in [0, 0.05) is 0 Å². The Labute approximate surface area is 90.1 Å². The minimum atomic E-state index is -0.167. The third-order valence-corrected chi connectivity index (χ3v) is 2.90. The Hall–Kier alpha value is -1.37. The van der Waals surface area contributed by atoms with Crippen LogP contribution in [-0.4, -0.2) is 0 Å². The normalized spacial score (nSPS) is 16.6. The first-order chi connectivity index (χ1) is 7.16. The van der Waals surface area contributed by atoms with Gasteiger partial charge in [-0.25, -0.2) is 4.39 Å². The summed E-state index contributed by atoms with van der Waals surface area (Å²) in [5.74, 6) is -0.167. The maximum atomic E-state index is 12.8. The minimum absolute atomic E-state index is 0.167. The van der Waals surface area contributed by atoms with E-state index in [1.54, 1.807) is 0 Å². The van der Waals surface area contributed by atoms with Gasteiger partial charge in [-0.05, 0) is 55.5 Å². The Morgan fingerprint density at radius 1 is 1.00 bits per heavy atom. The summed E-state index contributed by atoms with van der Waals surface area (Å²) in [6.07, 6.45) is 4.41. The molecule has 0 saturated heterocycles. The van der Waals surface area contributed by atoms with Gasteiger partial charge in [0.1, 0.15) is 5.82 Å². The van der Waals surface area contributed by atoms with Crippen molar-refractivity contribution in [2.24, 2.45) is 0 Å². The van der Waals surface area contributed by atoms with Crippen molar-refractivity contribution in [3.05, 3.63) is 52.9 Å². The highest BCUT2D eigenvalue weighted by Crippen LogP contribution is 2.30. The molecular weight excluding hydrogens is 187 g/mol. The van der Waals surface area contributed by atoms with Crippen molar-refractivity contribution in [3.8, 4) is 0 Å². The molecule has 2 rings (SSSR count). The molecule has 0 heterocycles. The Morgan fingerprint density at radius 3 is 2.27 bits per heavy atom. The fourth-order valence-corrected chi connectivity index (χ4v) is 2.07. The molecule has 0 nitrogen and oxygen atoms in total. The molecule has 0 radical (unpaired) electrons. The molecule has 0 aromatic heterocycles. The first kappa shape index (κ1) is 10.2. The van der Waals surface area contributed by atoms with Crippen LogP contribution in [0.15, 0.2) is 41.5 Å². The Kier molecular flexibility index (Phi) is 2.72. The van der Waals surface area contributed by atoms with Gasteiger partial charge in [0.2, 0.25) is 0 Å². The summed E-state index contributed by atoms with van der Waals surface area (Å²) in [6.45, 7) is 4.28. The lowest BCUT2D eigenvalue weighted by atomic mass is 9.89. The van der Waals surface area contributed by atoms with Crippen LogP contribution in [0.25, 0.3) is 5.57 Å². The average molecular weight is 202 g/mol. The van der Waals surface area contributed by atoms with Crippen LogP contribution >= 0.6 is 0 Å². The van der Waals surface area contributed by atoms with Crippen LogP contribution in [0.1, 0.15) is 32.3 Å². The van der Waals surface area contributed by atoms with Crippen molar-refractivity contribution in [2.45, 2.75) is 26.7 Å². The molecule has 0 atom stereocenters. The quantitative estimate of drug-likeness (QED) is 0.635. The number of halogens is 1. The summed E-state index contributed by atoms with van der Waals surface area (Å²) in [7, 11) is 0. The lowest BCUT2D eigenvalue weighted by Crippen LogP contribution is -1.95. The van der Waals surface area contributed by atoms with Gasteiger partial charge in [-0.3, -0.25) is 0 Å². The second-order valence-corrected chi connectivity index (χ2v) is 4.16. The van der Waals surface area contributed by atoms with E-state index in [1.807, 2.05) is 12.1 Å². The number of benzene rings is 1. The van der Waals surface area contributed by atoms with E-state index in [1.165, 1.54) is 28.9 Å². The van der Waals surface area contributed by atoms with E-state index in [0.29, 0.717) is 0 Å².